The molecule has 1 atom stereocenters. The number of alkyl halides is 1. The maximum atomic E-state index is 11.4. The van der Waals surface area contributed by atoms with E-state index in [-0.39, 0.29) is 11.3 Å². The van der Waals surface area contributed by atoms with Gasteiger partial charge in [0.1, 0.15) is 0 Å². The number of carbonyl (C=O) groups is 1. The van der Waals surface area contributed by atoms with E-state index in [1.165, 1.54) is 9.58 Å². The van der Waals surface area contributed by atoms with Gasteiger partial charge in [-0.2, -0.15) is 0 Å². The molecule has 70 valence electrons. The maximum absolute atomic E-state index is 11.4. The Morgan fingerprint density at radius 3 is 2.85 bits per heavy atom. The molecule has 0 saturated carbocycles. The van der Waals surface area contributed by atoms with Gasteiger partial charge in [0.05, 0.1) is 5.38 Å². The first-order chi connectivity index (χ1) is 6.18. The number of halogens is 1. The molecule has 2 rings (SSSR count). The van der Waals surface area contributed by atoms with Crippen molar-refractivity contribution < 1.29 is 4.79 Å². The third-order valence-corrected chi connectivity index (χ3v) is 2.21. The van der Waals surface area contributed by atoms with E-state index in [0.717, 1.165) is 0 Å². The van der Waals surface area contributed by atoms with Gasteiger partial charge in [-0.3, -0.25) is 9.69 Å². The van der Waals surface area contributed by atoms with Crippen molar-refractivity contribution in [3.05, 3.63) is 0 Å². The summed E-state index contributed by atoms with van der Waals surface area (Å²) in [4.78, 5) is 12.9. The van der Waals surface area contributed by atoms with Crippen LogP contribution in [0.25, 0.3) is 0 Å². The molecule has 1 aliphatic heterocycles. The lowest BCUT2D eigenvalue weighted by atomic mass is 10.4. The van der Waals surface area contributed by atoms with Gasteiger partial charge in [-0.05, 0) is 10.4 Å². The highest BCUT2D eigenvalue weighted by atomic mass is 35.5. The van der Waals surface area contributed by atoms with Gasteiger partial charge in [0.15, 0.2) is 0 Å². The van der Waals surface area contributed by atoms with Crippen molar-refractivity contribution in [3.8, 4) is 0 Å². The first-order valence-corrected chi connectivity index (χ1v) is 4.29. The van der Waals surface area contributed by atoms with E-state index in [2.05, 4.69) is 15.5 Å². The lowest BCUT2D eigenvalue weighted by molar-refractivity contribution is -0.117. The number of aryl methyl sites for hydroxylation is 1. The van der Waals surface area contributed by atoms with Gasteiger partial charge in [0.25, 0.3) is 5.95 Å². The monoisotopic (exact) mass is 201 g/mol. The van der Waals surface area contributed by atoms with Crippen LogP contribution >= 0.6 is 11.6 Å². The smallest absolute Gasteiger partial charge is 0.252 e. The number of nitrogens with zero attached hydrogens (tertiary/aromatic N) is 5. The summed E-state index contributed by atoms with van der Waals surface area (Å²) in [6.45, 7) is 0.481. The van der Waals surface area contributed by atoms with Gasteiger partial charge in [-0.1, -0.05) is 5.10 Å². The SMILES string of the molecule is Cn1nnnc1N1CC(Cl)CC1=O. The predicted octanol–water partition coefficient (Wildman–Crippen LogP) is -0.446. The summed E-state index contributed by atoms with van der Waals surface area (Å²) in [5.41, 5.74) is 0. The van der Waals surface area contributed by atoms with Crippen LogP contribution in [0.3, 0.4) is 0 Å². The van der Waals surface area contributed by atoms with E-state index in [0.29, 0.717) is 18.9 Å². The van der Waals surface area contributed by atoms with Crippen molar-refractivity contribution in [3.63, 3.8) is 0 Å². The minimum atomic E-state index is -0.135. The number of amides is 1. The lowest BCUT2D eigenvalue weighted by Gasteiger charge is -2.11. The van der Waals surface area contributed by atoms with E-state index < -0.39 is 0 Å². The number of tetrazole rings is 1. The molecule has 1 saturated heterocycles. The molecule has 0 radical (unpaired) electrons. The fraction of sp³-hybridized carbons (Fsp3) is 0.667. The molecule has 13 heavy (non-hydrogen) atoms. The summed E-state index contributed by atoms with van der Waals surface area (Å²) < 4.78 is 1.45. The number of anilines is 1. The standard InChI is InChI=1S/C6H8ClN5O/c1-11-6(8-9-10-11)12-3-4(7)2-5(12)13/h4H,2-3H2,1H3. The highest BCUT2D eigenvalue weighted by Gasteiger charge is 2.31. The van der Waals surface area contributed by atoms with E-state index in [1.807, 2.05) is 0 Å². The zero-order valence-electron chi connectivity index (χ0n) is 7.01. The first-order valence-electron chi connectivity index (χ1n) is 3.85. The Kier molecular flexibility index (Phi) is 1.91. The second kappa shape index (κ2) is 2.95. The zero-order valence-corrected chi connectivity index (χ0v) is 7.77. The zero-order chi connectivity index (χ0) is 9.42. The van der Waals surface area contributed by atoms with Gasteiger partial charge in [-0.25, -0.2) is 4.68 Å². The van der Waals surface area contributed by atoms with Gasteiger partial charge < -0.3 is 0 Å². The van der Waals surface area contributed by atoms with Crippen molar-refractivity contribution in [2.24, 2.45) is 7.05 Å². The van der Waals surface area contributed by atoms with Gasteiger partial charge in [0, 0.05) is 20.0 Å². The largest absolute Gasteiger partial charge is 0.278 e. The van der Waals surface area contributed by atoms with Crippen LogP contribution in [0, 0.1) is 0 Å². The fourth-order valence-electron chi connectivity index (χ4n) is 1.31. The molecule has 2 heterocycles. The molecule has 7 heteroatoms. The number of hydrogen-bond acceptors (Lipinski definition) is 4. The van der Waals surface area contributed by atoms with Gasteiger partial charge in [-0.15, -0.1) is 11.6 Å². The molecule has 0 bridgehead atoms. The summed E-state index contributed by atoms with van der Waals surface area (Å²) in [7, 11) is 1.68. The Labute approximate surface area is 79.5 Å². The predicted molar refractivity (Wildman–Crippen MR) is 45.4 cm³/mol. The Balaban J connectivity index is 2.27. The molecule has 6 nitrogen and oxygen atoms in total. The average Bonchev–Trinajstić information content (AvgIpc) is 2.58. The Morgan fingerprint density at radius 1 is 1.62 bits per heavy atom. The Bertz CT molecular complexity index is 338. The van der Waals surface area contributed by atoms with E-state index in [4.69, 9.17) is 11.6 Å². The van der Waals surface area contributed by atoms with Crippen molar-refractivity contribution in [1.82, 2.24) is 20.2 Å². The highest BCUT2D eigenvalue weighted by Crippen LogP contribution is 2.20. The summed E-state index contributed by atoms with van der Waals surface area (Å²) in [6, 6.07) is 0. The molecule has 0 N–H and O–H groups in total. The van der Waals surface area contributed by atoms with E-state index in [9.17, 15) is 4.79 Å². The van der Waals surface area contributed by atoms with Crippen LogP contribution in [0.1, 0.15) is 6.42 Å². The van der Waals surface area contributed by atoms with Gasteiger partial charge in [0.2, 0.25) is 5.91 Å². The third-order valence-electron chi connectivity index (χ3n) is 1.92. The van der Waals surface area contributed by atoms with Crippen LogP contribution in [0.5, 0.6) is 0 Å². The number of aromatic nitrogens is 4. The summed E-state index contributed by atoms with van der Waals surface area (Å²) in [6.07, 6.45) is 0.356. The topological polar surface area (TPSA) is 63.9 Å². The minimum absolute atomic E-state index is 0.0297. The fourth-order valence-corrected chi connectivity index (χ4v) is 1.58. The summed E-state index contributed by atoms with van der Waals surface area (Å²) in [5, 5.41) is 10.7. The number of hydrogen-bond donors (Lipinski definition) is 0. The van der Waals surface area contributed by atoms with Crippen LogP contribution in [0.4, 0.5) is 5.95 Å². The molecular weight excluding hydrogens is 194 g/mol. The third kappa shape index (κ3) is 1.37. The van der Waals surface area contributed by atoms with Crippen molar-refractivity contribution >= 4 is 23.5 Å². The van der Waals surface area contributed by atoms with Crippen LogP contribution < -0.4 is 4.90 Å². The molecule has 0 aliphatic carbocycles. The first kappa shape index (κ1) is 8.43. The van der Waals surface area contributed by atoms with E-state index in [1.54, 1.807) is 7.05 Å². The van der Waals surface area contributed by atoms with Crippen molar-refractivity contribution in [1.29, 1.82) is 0 Å². The van der Waals surface area contributed by atoms with E-state index >= 15 is 0 Å². The molecule has 1 fully saturated rings. The molecule has 1 unspecified atom stereocenters. The average molecular weight is 202 g/mol. The maximum Gasteiger partial charge on any atom is 0.252 e. The lowest BCUT2D eigenvalue weighted by Crippen LogP contribution is -2.27. The van der Waals surface area contributed by atoms with Crippen LogP contribution in [0.15, 0.2) is 0 Å². The normalized spacial score (nSPS) is 22.8. The van der Waals surface area contributed by atoms with Crippen molar-refractivity contribution in [2.45, 2.75) is 11.8 Å². The van der Waals surface area contributed by atoms with Crippen LogP contribution in [0.2, 0.25) is 0 Å². The molecular formula is C6H8ClN5O. The van der Waals surface area contributed by atoms with Crippen LogP contribution in [-0.2, 0) is 11.8 Å². The minimum Gasteiger partial charge on any atom is -0.278 e. The quantitative estimate of drug-likeness (QED) is 0.578. The second-order valence-corrected chi connectivity index (χ2v) is 3.53. The molecule has 1 aliphatic rings. The molecule has 0 spiro atoms. The Morgan fingerprint density at radius 2 is 2.38 bits per heavy atom. The molecule has 0 aromatic carbocycles. The highest BCUT2D eigenvalue weighted by molar-refractivity contribution is 6.24. The van der Waals surface area contributed by atoms with Crippen molar-refractivity contribution in [2.75, 3.05) is 11.4 Å². The molecule has 1 aromatic rings. The summed E-state index contributed by atoms with van der Waals surface area (Å²) >= 11 is 5.83. The molecule has 1 aromatic heterocycles. The number of rotatable bonds is 1. The van der Waals surface area contributed by atoms with Gasteiger partial charge >= 0.3 is 0 Å². The Hall–Kier alpha value is -1.17. The second-order valence-electron chi connectivity index (χ2n) is 2.91. The molecule has 1 amide bonds. The number of carbonyl (C=O) groups excluding carboxylic acids is 1. The summed E-state index contributed by atoms with van der Waals surface area (Å²) in [5.74, 6) is 0.422. The van der Waals surface area contributed by atoms with Crippen LogP contribution in [-0.4, -0.2) is 38.0 Å².